The maximum atomic E-state index is 12.8. The van der Waals surface area contributed by atoms with Crippen LogP contribution in [-0.4, -0.2) is 44.0 Å². The Morgan fingerprint density at radius 1 is 0.958 bits per heavy atom. The van der Waals surface area contributed by atoms with Gasteiger partial charge in [-0.1, -0.05) is 24.3 Å². The minimum atomic E-state index is -3.70. The first-order valence-corrected chi connectivity index (χ1v) is 9.00. The predicted octanol–water partition coefficient (Wildman–Crippen LogP) is 1.77. The third-order valence-corrected chi connectivity index (χ3v) is 6.04. The smallest absolute Gasteiger partial charge is 0.244 e. The van der Waals surface area contributed by atoms with Crippen LogP contribution in [0.25, 0.3) is 0 Å². The number of benzene rings is 2. The van der Waals surface area contributed by atoms with Crippen molar-refractivity contribution in [2.24, 2.45) is 0 Å². The molecule has 7 heteroatoms. The van der Waals surface area contributed by atoms with Gasteiger partial charge in [-0.2, -0.15) is 9.57 Å². The maximum absolute atomic E-state index is 12.8. The average Bonchev–Trinajstić information content (AvgIpc) is 2.62. The van der Waals surface area contributed by atoms with Crippen molar-refractivity contribution in [2.75, 3.05) is 31.1 Å². The standard InChI is InChI=1S/C17H17N3O3S/c18-13-14-5-1-4-8-17(14)24(22,23)20-11-9-19(10-12-20)15-6-2-3-7-16(15)21/h1-8,21H,9-12H2. The molecule has 3 rings (SSSR count). The van der Waals surface area contributed by atoms with E-state index in [-0.39, 0.29) is 16.2 Å². The van der Waals surface area contributed by atoms with Crippen LogP contribution in [0.15, 0.2) is 53.4 Å². The lowest BCUT2D eigenvalue weighted by atomic mass is 10.2. The second-order valence-corrected chi connectivity index (χ2v) is 7.39. The highest BCUT2D eigenvalue weighted by atomic mass is 32.2. The van der Waals surface area contributed by atoms with E-state index >= 15 is 0 Å². The lowest BCUT2D eigenvalue weighted by Crippen LogP contribution is -2.48. The van der Waals surface area contributed by atoms with Gasteiger partial charge in [-0.3, -0.25) is 0 Å². The van der Waals surface area contributed by atoms with Crippen LogP contribution in [0.3, 0.4) is 0 Å². The SMILES string of the molecule is N#Cc1ccccc1S(=O)(=O)N1CCN(c2ccccc2O)CC1. The highest BCUT2D eigenvalue weighted by Gasteiger charge is 2.30. The van der Waals surface area contributed by atoms with Crippen molar-refractivity contribution in [3.63, 3.8) is 0 Å². The molecule has 0 aromatic heterocycles. The molecular formula is C17H17N3O3S. The van der Waals surface area contributed by atoms with Gasteiger partial charge in [-0.05, 0) is 24.3 Å². The Hall–Kier alpha value is -2.56. The number of piperazine rings is 1. The Kier molecular flexibility index (Phi) is 4.42. The molecule has 0 bridgehead atoms. The molecule has 0 saturated carbocycles. The fraction of sp³-hybridized carbons (Fsp3) is 0.235. The van der Waals surface area contributed by atoms with Gasteiger partial charge in [0, 0.05) is 26.2 Å². The van der Waals surface area contributed by atoms with Crippen molar-refractivity contribution in [1.29, 1.82) is 5.26 Å². The molecule has 0 spiro atoms. The highest BCUT2D eigenvalue weighted by Crippen LogP contribution is 2.28. The van der Waals surface area contributed by atoms with Crippen LogP contribution in [0.5, 0.6) is 5.75 Å². The first-order chi connectivity index (χ1) is 11.5. The molecule has 0 amide bonds. The quantitative estimate of drug-likeness (QED) is 0.918. The molecule has 2 aromatic carbocycles. The van der Waals surface area contributed by atoms with Crippen LogP contribution in [0.4, 0.5) is 5.69 Å². The summed E-state index contributed by atoms with van der Waals surface area (Å²) in [6.07, 6.45) is 0. The summed E-state index contributed by atoms with van der Waals surface area (Å²) in [4.78, 5) is 2.00. The van der Waals surface area contributed by atoms with E-state index in [0.29, 0.717) is 31.9 Å². The normalized spacial score (nSPS) is 15.9. The molecule has 24 heavy (non-hydrogen) atoms. The van der Waals surface area contributed by atoms with Crippen LogP contribution < -0.4 is 4.90 Å². The molecule has 124 valence electrons. The van der Waals surface area contributed by atoms with Gasteiger partial charge in [-0.25, -0.2) is 8.42 Å². The Morgan fingerprint density at radius 3 is 2.25 bits per heavy atom. The summed E-state index contributed by atoms with van der Waals surface area (Å²) < 4.78 is 27.0. The summed E-state index contributed by atoms with van der Waals surface area (Å²) >= 11 is 0. The van der Waals surface area contributed by atoms with E-state index in [2.05, 4.69) is 0 Å². The lowest BCUT2D eigenvalue weighted by molar-refractivity contribution is 0.382. The molecular weight excluding hydrogens is 326 g/mol. The van der Waals surface area contributed by atoms with Crippen LogP contribution in [0.2, 0.25) is 0 Å². The number of rotatable bonds is 3. The first-order valence-electron chi connectivity index (χ1n) is 7.56. The minimum absolute atomic E-state index is 0.0449. The van der Waals surface area contributed by atoms with Crippen molar-refractivity contribution in [3.8, 4) is 11.8 Å². The van der Waals surface area contributed by atoms with Crippen molar-refractivity contribution < 1.29 is 13.5 Å². The molecule has 0 radical (unpaired) electrons. The van der Waals surface area contributed by atoms with Crippen LogP contribution >= 0.6 is 0 Å². The number of anilines is 1. The number of phenols is 1. The Morgan fingerprint density at radius 2 is 1.58 bits per heavy atom. The number of nitriles is 1. The van der Waals surface area contributed by atoms with Gasteiger partial charge in [0.1, 0.15) is 11.8 Å². The number of para-hydroxylation sites is 2. The molecule has 0 atom stereocenters. The highest BCUT2D eigenvalue weighted by molar-refractivity contribution is 7.89. The Balaban J connectivity index is 1.79. The molecule has 0 aliphatic carbocycles. The fourth-order valence-electron chi connectivity index (χ4n) is 2.82. The van der Waals surface area contributed by atoms with E-state index in [1.807, 2.05) is 23.1 Å². The summed E-state index contributed by atoms with van der Waals surface area (Å²) in [7, 11) is -3.70. The van der Waals surface area contributed by atoms with Gasteiger partial charge in [0.05, 0.1) is 16.1 Å². The summed E-state index contributed by atoms with van der Waals surface area (Å²) in [5.41, 5.74) is 0.854. The number of aromatic hydroxyl groups is 1. The molecule has 1 N–H and O–H groups in total. The van der Waals surface area contributed by atoms with Crippen LogP contribution in [0.1, 0.15) is 5.56 Å². The van der Waals surface area contributed by atoms with Crippen molar-refractivity contribution in [3.05, 3.63) is 54.1 Å². The van der Waals surface area contributed by atoms with Gasteiger partial charge in [0.25, 0.3) is 0 Å². The number of hydrogen-bond acceptors (Lipinski definition) is 5. The maximum Gasteiger partial charge on any atom is 0.244 e. The van der Waals surface area contributed by atoms with Crippen molar-refractivity contribution in [1.82, 2.24) is 4.31 Å². The largest absolute Gasteiger partial charge is 0.506 e. The minimum Gasteiger partial charge on any atom is -0.506 e. The molecule has 6 nitrogen and oxygen atoms in total. The average molecular weight is 343 g/mol. The summed E-state index contributed by atoms with van der Waals surface area (Å²) in [5.74, 6) is 0.184. The summed E-state index contributed by atoms with van der Waals surface area (Å²) in [6.45, 7) is 1.56. The Bertz CT molecular complexity index is 882. The summed E-state index contributed by atoms with van der Waals surface area (Å²) in [5, 5.41) is 19.1. The molecule has 1 heterocycles. The monoisotopic (exact) mass is 343 g/mol. The van der Waals surface area contributed by atoms with Gasteiger partial charge in [0.2, 0.25) is 10.0 Å². The molecule has 1 aliphatic rings. The fourth-order valence-corrected chi connectivity index (χ4v) is 4.39. The van der Waals surface area contributed by atoms with Gasteiger partial charge in [-0.15, -0.1) is 0 Å². The zero-order chi connectivity index (χ0) is 17.2. The van der Waals surface area contributed by atoms with Gasteiger partial charge < -0.3 is 10.0 Å². The van der Waals surface area contributed by atoms with Gasteiger partial charge >= 0.3 is 0 Å². The molecule has 1 saturated heterocycles. The van der Waals surface area contributed by atoms with E-state index in [1.54, 1.807) is 24.3 Å². The van der Waals surface area contributed by atoms with E-state index in [4.69, 9.17) is 5.26 Å². The van der Waals surface area contributed by atoms with E-state index in [9.17, 15) is 13.5 Å². The Labute approximate surface area is 141 Å². The van der Waals surface area contributed by atoms with Crippen molar-refractivity contribution in [2.45, 2.75) is 4.90 Å². The van der Waals surface area contributed by atoms with E-state index in [1.165, 1.54) is 16.4 Å². The van der Waals surface area contributed by atoms with Crippen molar-refractivity contribution >= 4 is 15.7 Å². The second-order valence-electron chi connectivity index (χ2n) is 5.49. The molecule has 0 unspecified atom stereocenters. The molecule has 1 fully saturated rings. The van der Waals surface area contributed by atoms with Gasteiger partial charge in [0.15, 0.2) is 0 Å². The first kappa shape index (κ1) is 16.3. The second kappa shape index (κ2) is 6.51. The number of phenolic OH excluding ortho intramolecular Hbond substituents is 1. The van der Waals surface area contributed by atoms with E-state index < -0.39 is 10.0 Å². The van der Waals surface area contributed by atoms with Crippen LogP contribution in [0, 0.1) is 11.3 Å². The number of nitrogens with zero attached hydrogens (tertiary/aromatic N) is 3. The summed E-state index contributed by atoms with van der Waals surface area (Å²) in [6, 6.07) is 15.2. The molecule has 1 aliphatic heterocycles. The zero-order valence-electron chi connectivity index (χ0n) is 13.0. The molecule has 2 aromatic rings. The third kappa shape index (κ3) is 2.94. The zero-order valence-corrected chi connectivity index (χ0v) is 13.8. The third-order valence-electron chi connectivity index (χ3n) is 4.09. The van der Waals surface area contributed by atoms with E-state index in [0.717, 1.165) is 0 Å². The lowest BCUT2D eigenvalue weighted by Gasteiger charge is -2.35. The number of sulfonamides is 1. The predicted molar refractivity (Wildman–Crippen MR) is 90.2 cm³/mol. The topological polar surface area (TPSA) is 84.6 Å². The number of hydrogen-bond donors (Lipinski definition) is 1. The van der Waals surface area contributed by atoms with Crippen LogP contribution in [-0.2, 0) is 10.0 Å².